The molecule has 0 aliphatic carbocycles. The van der Waals surface area contributed by atoms with Crippen LogP contribution in [0, 0.1) is 5.92 Å². The number of fused-ring (bicyclic) bond motifs is 1. The van der Waals surface area contributed by atoms with Gasteiger partial charge >= 0.3 is 5.97 Å². The molecule has 3 aromatic carbocycles. The fourth-order valence-electron chi connectivity index (χ4n) is 4.48. The molecule has 0 aromatic heterocycles. The highest BCUT2D eigenvalue weighted by Crippen LogP contribution is 2.47. The molecular weight excluding hydrogens is 456 g/mol. The zero-order chi connectivity index (χ0) is 23.8. The lowest BCUT2D eigenvalue weighted by molar-refractivity contribution is -0.143. The lowest BCUT2D eigenvalue weighted by Gasteiger charge is -2.29. The van der Waals surface area contributed by atoms with E-state index >= 15 is 0 Å². The van der Waals surface area contributed by atoms with Crippen LogP contribution in [0.5, 0.6) is 0 Å². The molecular formula is C26H21ClN2O5. The Hall–Kier alpha value is -3.68. The third-order valence-electron chi connectivity index (χ3n) is 6.14. The lowest BCUT2D eigenvalue weighted by Crippen LogP contribution is -2.36. The number of anilines is 1. The van der Waals surface area contributed by atoms with Crippen molar-refractivity contribution in [2.45, 2.75) is 18.7 Å². The number of hydroxylamine groups is 1. The fraction of sp³-hybridized carbons (Fsp3) is 0.192. The number of methoxy groups -OCH3 is 1. The molecule has 3 atom stereocenters. The van der Waals surface area contributed by atoms with Crippen LogP contribution in [0.1, 0.15) is 27.5 Å². The molecule has 0 radical (unpaired) electrons. The largest absolute Gasteiger partial charge is 0.465 e. The number of esters is 1. The summed E-state index contributed by atoms with van der Waals surface area (Å²) in [4.78, 5) is 46.1. The second-order valence-corrected chi connectivity index (χ2v) is 8.60. The Kier molecular flexibility index (Phi) is 5.81. The Morgan fingerprint density at radius 2 is 1.62 bits per heavy atom. The number of halogens is 1. The summed E-state index contributed by atoms with van der Waals surface area (Å²) in [5.41, 5.74) is 2.64. The van der Waals surface area contributed by atoms with Crippen molar-refractivity contribution in [3.63, 3.8) is 0 Å². The molecule has 0 spiro atoms. The van der Waals surface area contributed by atoms with Crippen LogP contribution in [0.4, 0.5) is 5.69 Å². The predicted molar refractivity (Wildman–Crippen MR) is 125 cm³/mol. The van der Waals surface area contributed by atoms with Crippen molar-refractivity contribution in [1.29, 1.82) is 0 Å². The zero-order valence-electron chi connectivity index (χ0n) is 18.3. The molecule has 2 fully saturated rings. The number of rotatable bonds is 5. The Balaban J connectivity index is 1.52. The molecule has 2 heterocycles. The molecule has 34 heavy (non-hydrogen) atoms. The van der Waals surface area contributed by atoms with Gasteiger partial charge in [-0.3, -0.25) is 19.3 Å². The van der Waals surface area contributed by atoms with Crippen molar-refractivity contribution >= 4 is 35.1 Å². The zero-order valence-corrected chi connectivity index (χ0v) is 19.0. The highest BCUT2D eigenvalue weighted by atomic mass is 35.5. The number of hydrogen-bond acceptors (Lipinski definition) is 6. The number of ether oxygens (including phenoxy) is 1. The van der Waals surface area contributed by atoms with Gasteiger partial charge in [0.15, 0.2) is 6.10 Å². The average Bonchev–Trinajstić information content (AvgIpc) is 3.37. The van der Waals surface area contributed by atoms with E-state index in [1.807, 2.05) is 30.3 Å². The van der Waals surface area contributed by atoms with Crippen molar-refractivity contribution in [2.75, 3.05) is 12.2 Å². The van der Waals surface area contributed by atoms with Crippen molar-refractivity contribution in [2.24, 2.45) is 5.92 Å². The van der Waals surface area contributed by atoms with Gasteiger partial charge in [0, 0.05) is 5.02 Å². The van der Waals surface area contributed by atoms with Gasteiger partial charge in [-0.25, -0.2) is 9.86 Å². The first-order chi connectivity index (χ1) is 16.5. The first-order valence-electron chi connectivity index (χ1n) is 10.8. The lowest BCUT2D eigenvalue weighted by atomic mass is 9.90. The smallest absolute Gasteiger partial charge is 0.337 e. The van der Waals surface area contributed by atoms with Crippen LogP contribution in [0.2, 0.25) is 5.02 Å². The van der Waals surface area contributed by atoms with Gasteiger partial charge in [-0.2, -0.15) is 0 Å². The standard InChI is InChI=1S/C26H21ClN2O5/c1-33-26(32)18-9-7-17(8-10-18)22-21-23(34-29(22)20-13-11-19(27)12-14-20)25(31)28(24(21)30)15-16-5-3-2-4-6-16/h2-14,21-23H,15H2,1H3/t21-,22-,23-/m0/s1. The molecule has 3 aromatic rings. The summed E-state index contributed by atoms with van der Waals surface area (Å²) in [6.45, 7) is 0.184. The molecule has 2 aliphatic rings. The minimum absolute atomic E-state index is 0.184. The van der Waals surface area contributed by atoms with Gasteiger partial charge in [0.05, 0.1) is 30.9 Å². The Bertz CT molecular complexity index is 1230. The van der Waals surface area contributed by atoms with Crippen LogP contribution in [-0.2, 0) is 25.7 Å². The molecule has 5 rings (SSSR count). The number of carbonyl (C=O) groups is 3. The van der Waals surface area contributed by atoms with E-state index in [1.165, 1.54) is 12.0 Å². The van der Waals surface area contributed by atoms with Crippen molar-refractivity contribution in [3.8, 4) is 0 Å². The van der Waals surface area contributed by atoms with E-state index in [0.717, 1.165) is 11.1 Å². The van der Waals surface area contributed by atoms with Crippen LogP contribution in [0.3, 0.4) is 0 Å². The van der Waals surface area contributed by atoms with E-state index in [9.17, 15) is 14.4 Å². The van der Waals surface area contributed by atoms with E-state index in [-0.39, 0.29) is 18.4 Å². The van der Waals surface area contributed by atoms with E-state index in [2.05, 4.69) is 0 Å². The summed E-state index contributed by atoms with van der Waals surface area (Å²) in [6, 6.07) is 22.6. The molecule has 0 bridgehead atoms. The van der Waals surface area contributed by atoms with Gasteiger partial charge in [-0.15, -0.1) is 0 Å². The summed E-state index contributed by atoms with van der Waals surface area (Å²) in [5.74, 6) is -1.86. The van der Waals surface area contributed by atoms with Gasteiger partial charge in [0.25, 0.3) is 5.91 Å². The topological polar surface area (TPSA) is 76.2 Å². The molecule has 0 saturated carbocycles. The average molecular weight is 477 g/mol. The molecule has 7 nitrogen and oxygen atoms in total. The third kappa shape index (κ3) is 3.83. The molecule has 2 amide bonds. The van der Waals surface area contributed by atoms with Crippen molar-refractivity contribution in [1.82, 2.24) is 4.90 Å². The minimum atomic E-state index is -0.947. The van der Waals surface area contributed by atoms with E-state index in [4.69, 9.17) is 21.2 Å². The summed E-state index contributed by atoms with van der Waals surface area (Å²) >= 11 is 6.05. The normalized spacial score (nSPS) is 21.6. The van der Waals surface area contributed by atoms with Crippen LogP contribution in [0.25, 0.3) is 0 Å². The van der Waals surface area contributed by atoms with Crippen molar-refractivity contribution in [3.05, 3.63) is 101 Å². The summed E-state index contributed by atoms with van der Waals surface area (Å²) in [7, 11) is 1.32. The first-order valence-corrected chi connectivity index (χ1v) is 11.1. The van der Waals surface area contributed by atoms with Crippen LogP contribution in [0.15, 0.2) is 78.9 Å². The molecule has 172 valence electrons. The van der Waals surface area contributed by atoms with E-state index < -0.39 is 24.0 Å². The Morgan fingerprint density at radius 3 is 2.26 bits per heavy atom. The van der Waals surface area contributed by atoms with Gasteiger partial charge in [0.2, 0.25) is 5.91 Å². The highest BCUT2D eigenvalue weighted by molar-refractivity contribution is 6.30. The number of hydrogen-bond donors (Lipinski definition) is 0. The minimum Gasteiger partial charge on any atom is -0.465 e. The van der Waals surface area contributed by atoms with Crippen LogP contribution >= 0.6 is 11.6 Å². The second-order valence-electron chi connectivity index (χ2n) is 8.16. The van der Waals surface area contributed by atoms with Gasteiger partial charge in [-0.05, 0) is 47.5 Å². The number of imide groups is 1. The summed E-state index contributed by atoms with van der Waals surface area (Å²) in [6.07, 6.45) is -0.947. The van der Waals surface area contributed by atoms with Gasteiger partial charge < -0.3 is 4.74 Å². The molecule has 2 saturated heterocycles. The third-order valence-corrected chi connectivity index (χ3v) is 6.40. The number of amides is 2. The highest BCUT2D eigenvalue weighted by Gasteiger charge is 2.59. The van der Waals surface area contributed by atoms with Crippen molar-refractivity contribution < 1.29 is 24.0 Å². The quantitative estimate of drug-likeness (QED) is 0.406. The maximum atomic E-state index is 13.5. The molecule has 2 aliphatic heterocycles. The molecule has 0 N–H and O–H groups in total. The summed E-state index contributed by atoms with van der Waals surface area (Å²) < 4.78 is 4.78. The van der Waals surface area contributed by atoms with Crippen LogP contribution in [-0.4, -0.2) is 35.9 Å². The summed E-state index contributed by atoms with van der Waals surface area (Å²) in [5, 5.41) is 2.15. The van der Waals surface area contributed by atoms with Gasteiger partial charge in [0.1, 0.15) is 5.92 Å². The van der Waals surface area contributed by atoms with E-state index in [1.54, 1.807) is 53.6 Å². The molecule has 0 unspecified atom stereocenters. The SMILES string of the molecule is COC(=O)c1ccc([C@H]2[C@@H]3C(=O)N(Cc4ccccc4)C(=O)[C@H]3ON2c2ccc(Cl)cc2)cc1. The van der Waals surface area contributed by atoms with Crippen LogP contribution < -0.4 is 5.06 Å². The monoisotopic (exact) mass is 476 g/mol. The number of benzene rings is 3. The Morgan fingerprint density at radius 1 is 0.941 bits per heavy atom. The fourth-order valence-corrected chi connectivity index (χ4v) is 4.60. The predicted octanol–water partition coefficient (Wildman–Crippen LogP) is 4.17. The maximum absolute atomic E-state index is 13.5. The maximum Gasteiger partial charge on any atom is 0.337 e. The number of carbonyl (C=O) groups excluding carboxylic acids is 3. The van der Waals surface area contributed by atoms with Gasteiger partial charge in [-0.1, -0.05) is 54.1 Å². The van der Waals surface area contributed by atoms with E-state index in [0.29, 0.717) is 16.3 Å². The number of likely N-dealkylation sites (tertiary alicyclic amines) is 1. The second kappa shape index (κ2) is 8.93. The molecule has 8 heteroatoms. The Labute approximate surface area is 201 Å². The first kappa shape index (κ1) is 22.1. The number of nitrogens with zero attached hydrogens (tertiary/aromatic N) is 2.